The molecular weight excluding hydrogens is 250 g/mol. The van der Waals surface area contributed by atoms with Crippen molar-refractivity contribution in [3.8, 4) is 0 Å². The molecule has 1 amide bonds. The third-order valence-electron chi connectivity index (χ3n) is 4.05. The van der Waals surface area contributed by atoms with Gasteiger partial charge in [0, 0.05) is 31.0 Å². The minimum Gasteiger partial charge on any atom is -0.372 e. The first-order valence-electron chi connectivity index (χ1n) is 7.31. The van der Waals surface area contributed by atoms with Gasteiger partial charge < -0.3 is 16.0 Å². The van der Waals surface area contributed by atoms with Gasteiger partial charge in [-0.25, -0.2) is 0 Å². The van der Waals surface area contributed by atoms with Crippen molar-refractivity contribution in [1.29, 1.82) is 0 Å². The van der Waals surface area contributed by atoms with E-state index in [4.69, 9.17) is 5.73 Å². The average Bonchev–Trinajstić information content (AvgIpc) is 2.94. The fourth-order valence-corrected chi connectivity index (χ4v) is 2.34. The third-order valence-corrected chi connectivity index (χ3v) is 4.05. The lowest BCUT2D eigenvalue weighted by molar-refractivity contribution is -0.123. The molecule has 1 aromatic carbocycles. The molecule has 0 spiro atoms. The zero-order valence-corrected chi connectivity index (χ0v) is 12.7. The van der Waals surface area contributed by atoms with E-state index >= 15 is 0 Å². The van der Waals surface area contributed by atoms with Crippen LogP contribution in [-0.2, 0) is 4.79 Å². The van der Waals surface area contributed by atoms with E-state index in [1.54, 1.807) is 0 Å². The standard InChI is InChI=1S/C16H25N3O/c1-12-10-13(19-8-4-5-9-19)6-7-14(12)18-15(20)16(2,3)11-17/h6-7,10H,4-5,8-9,11,17H2,1-3H3,(H,18,20). The Hall–Kier alpha value is -1.55. The van der Waals surface area contributed by atoms with E-state index in [0.29, 0.717) is 6.54 Å². The summed E-state index contributed by atoms with van der Waals surface area (Å²) in [7, 11) is 0. The highest BCUT2D eigenvalue weighted by molar-refractivity contribution is 5.95. The summed E-state index contributed by atoms with van der Waals surface area (Å²) in [5.74, 6) is -0.0305. The number of carbonyl (C=O) groups excluding carboxylic acids is 1. The SMILES string of the molecule is Cc1cc(N2CCCC2)ccc1NC(=O)C(C)(C)CN. The van der Waals surface area contributed by atoms with Crippen molar-refractivity contribution in [3.63, 3.8) is 0 Å². The van der Waals surface area contributed by atoms with Crippen LogP contribution in [0, 0.1) is 12.3 Å². The van der Waals surface area contributed by atoms with E-state index in [1.807, 2.05) is 26.8 Å². The molecule has 0 radical (unpaired) electrons. The van der Waals surface area contributed by atoms with E-state index in [0.717, 1.165) is 24.3 Å². The number of nitrogens with two attached hydrogens (primary N) is 1. The second-order valence-electron chi connectivity index (χ2n) is 6.24. The van der Waals surface area contributed by atoms with Gasteiger partial charge in [0.2, 0.25) is 5.91 Å². The summed E-state index contributed by atoms with van der Waals surface area (Å²) in [6, 6.07) is 6.23. The van der Waals surface area contributed by atoms with Gasteiger partial charge in [-0.2, -0.15) is 0 Å². The minimum absolute atomic E-state index is 0.0305. The van der Waals surface area contributed by atoms with Crippen LogP contribution >= 0.6 is 0 Å². The third kappa shape index (κ3) is 3.12. The van der Waals surface area contributed by atoms with Crippen LogP contribution in [-0.4, -0.2) is 25.5 Å². The molecule has 0 saturated carbocycles. The van der Waals surface area contributed by atoms with Crippen LogP contribution in [0.2, 0.25) is 0 Å². The Morgan fingerprint density at radius 3 is 2.55 bits per heavy atom. The van der Waals surface area contributed by atoms with Gasteiger partial charge in [0.05, 0.1) is 5.41 Å². The molecule has 4 nitrogen and oxygen atoms in total. The van der Waals surface area contributed by atoms with Crippen LogP contribution < -0.4 is 16.0 Å². The predicted octanol–water partition coefficient (Wildman–Crippen LogP) is 2.52. The highest BCUT2D eigenvalue weighted by atomic mass is 16.2. The number of amides is 1. The van der Waals surface area contributed by atoms with Gasteiger partial charge in [-0.3, -0.25) is 4.79 Å². The van der Waals surface area contributed by atoms with Gasteiger partial charge in [-0.1, -0.05) is 0 Å². The van der Waals surface area contributed by atoms with Gasteiger partial charge in [-0.15, -0.1) is 0 Å². The zero-order chi connectivity index (χ0) is 14.8. The maximum absolute atomic E-state index is 12.2. The summed E-state index contributed by atoms with van der Waals surface area (Å²) in [5, 5.41) is 2.98. The molecule has 110 valence electrons. The van der Waals surface area contributed by atoms with E-state index in [-0.39, 0.29) is 5.91 Å². The molecule has 4 heteroatoms. The Bertz CT molecular complexity index is 490. The van der Waals surface area contributed by atoms with Gasteiger partial charge >= 0.3 is 0 Å². The van der Waals surface area contributed by atoms with Crippen molar-refractivity contribution in [2.24, 2.45) is 11.1 Å². The lowest BCUT2D eigenvalue weighted by atomic mass is 9.92. The molecule has 2 rings (SSSR count). The van der Waals surface area contributed by atoms with E-state index in [9.17, 15) is 4.79 Å². The molecular formula is C16H25N3O. The number of benzene rings is 1. The Labute approximate surface area is 121 Å². The number of rotatable bonds is 4. The summed E-state index contributed by atoms with van der Waals surface area (Å²) in [6.45, 7) is 8.34. The monoisotopic (exact) mass is 275 g/mol. The smallest absolute Gasteiger partial charge is 0.231 e. The predicted molar refractivity (Wildman–Crippen MR) is 84.1 cm³/mol. The summed E-state index contributed by atoms with van der Waals surface area (Å²) in [5.41, 5.74) is 8.31. The molecule has 3 N–H and O–H groups in total. The Morgan fingerprint density at radius 1 is 1.35 bits per heavy atom. The fourth-order valence-electron chi connectivity index (χ4n) is 2.34. The lowest BCUT2D eigenvalue weighted by Gasteiger charge is -2.23. The van der Waals surface area contributed by atoms with E-state index in [2.05, 4.69) is 22.3 Å². The van der Waals surface area contributed by atoms with Gasteiger partial charge in [0.25, 0.3) is 0 Å². The first kappa shape index (κ1) is 14.9. The molecule has 0 aromatic heterocycles. The normalized spacial score (nSPS) is 15.5. The summed E-state index contributed by atoms with van der Waals surface area (Å²) in [6.07, 6.45) is 2.53. The van der Waals surface area contributed by atoms with Crippen molar-refractivity contribution in [2.75, 3.05) is 29.9 Å². The van der Waals surface area contributed by atoms with Crippen molar-refractivity contribution in [1.82, 2.24) is 0 Å². The molecule has 0 atom stereocenters. The van der Waals surface area contributed by atoms with Crippen LogP contribution in [0.15, 0.2) is 18.2 Å². The molecule has 1 aromatic rings. The number of nitrogens with zero attached hydrogens (tertiary/aromatic N) is 1. The van der Waals surface area contributed by atoms with Crippen LogP contribution in [0.1, 0.15) is 32.3 Å². The first-order valence-corrected chi connectivity index (χ1v) is 7.31. The molecule has 1 aliphatic heterocycles. The molecule has 20 heavy (non-hydrogen) atoms. The van der Waals surface area contributed by atoms with Gasteiger partial charge in [-0.05, 0) is 57.4 Å². The number of nitrogens with one attached hydrogen (secondary N) is 1. The highest BCUT2D eigenvalue weighted by Crippen LogP contribution is 2.26. The molecule has 0 aliphatic carbocycles. The molecule has 1 fully saturated rings. The van der Waals surface area contributed by atoms with Crippen molar-refractivity contribution < 1.29 is 4.79 Å². The fraction of sp³-hybridized carbons (Fsp3) is 0.562. The minimum atomic E-state index is -0.542. The van der Waals surface area contributed by atoms with Crippen molar-refractivity contribution in [2.45, 2.75) is 33.6 Å². The Balaban J connectivity index is 2.12. The number of carbonyl (C=O) groups is 1. The maximum atomic E-state index is 12.2. The van der Waals surface area contributed by atoms with Crippen LogP contribution in [0.4, 0.5) is 11.4 Å². The second kappa shape index (κ2) is 5.83. The maximum Gasteiger partial charge on any atom is 0.231 e. The number of hydrogen-bond acceptors (Lipinski definition) is 3. The summed E-state index contributed by atoms with van der Waals surface area (Å²) < 4.78 is 0. The summed E-state index contributed by atoms with van der Waals surface area (Å²) >= 11 is 0. The highest BCUT2D eigenvalue weighted by Gasteiger charge is 2.26. The zero-order valence-electron chi connectivity index (χ0n) is 12.7. The van der Waals surface area contributed by atoms with E-state index in [1.165, 1.54) is 18.5 Å². The Kier molecular flexibility index (Phi) is 4.33. The van der Waals surface area contributed by atoms with Gasteiger partial charge in [0.1, 0.15) is 0 Å². The van der Waals surface area contributed by atoms with Crippen LogP contribution in [0.3, 0.4) is 0 Å². The number of hydrogen-bond donors (Lipinski definition) is 2. The van der Waals surface area contributed by atoms with Crippen LogP contribution in [0.5, 0.6) is 0 Å². The van der Waals surface area contributed by atoms with Crippen molar-refractivity contribution in [3.05, 3.63) is 23.8 Å². The number of aryl methyl sites for hydroxylation is 1. The number of anilines is 2. The Morgan fingerprint density at radius 2 is 2.00 bits per heavy atom. The largest absolute Gasteiger partial charge is 0.372 e. The second-order valence-corrected chi connectivity index (χ2v) is 6.24. The quantitative estimate of drug-likeness (QED) is 0.887. The van der Waals surface area contributed by atoms with Crippen molar-refractivity contribution >= 4 is 17.3 Å². The molecule has 1 saturated heterocycles. The summed E-state index contributed by atoms with van der Waals surface area (Å²) in [4.78, 5) is 14.5. The van der Waals surface area contributed by atoms with E-state index < -0.39 is 5.41 Å². The van der Waals surface area contributed by atoms with Gasteiger partial charge in [0.15, 0.2) is 0 Å². The topological polar surface area (TPSA) is 58.4 Å². The molecule has 0 unspecified atom stereocenters. The first-order chi connectivity index (χ1) is 9.44. The average molecular weight is 275 g/mol. The van der Waals surface area contributed by atoms with Crippen LogP contribution in [0.25, 0.3) is 0 Å². The molecule has 0 bridgehead atoms. The molecule has 1 aliphatic rings. The lowest BCUT2D eigenvalue weighted by Crippen LogP contribution is -2.37. The molecule has 1 heterocycles.